The van der Waals surface area contributed by atoms with E-state index < -0.39 is 0 Å². The number of allylic oxidation sites excluding steroid dienone is 1. The van der Waals surface area contributed by atoms with Crippen LogP contribution < -0.4 is 0 Å². The topological polar surface area (TPSA) is 12.4 Å². The molecule has 0 saturated heterocycles. The Bertz CT molecular complexity index is 69.8. The van der Waals surface area contributed by atoms with Crippen molar-refractivity contribution in [1.82, 2.24) is 0 Å². The molecular formula is C4H4BrNZn. The third kappa shape index (κ3) is 4.36. The van der Waals surface area contributed by atoms with E-state index in [1.807, 2.05) is 12.3 Å². The molecule has 0 N–H and O–H groups in total. The normalized spacial score (nSPS) is 13.6. The van der Waals surface area contributed by atoms with Crippen molar-refractivity contribution >= 4 is 19.8 Å². The van der Waals surface area contributed by atoms with Crippen molar-refractivity contribution in [3.05, 3.63) is 12.3 Å². The fourth-order valence-corrected chi connectivity index (χ4v) is 0.264. The molecule has 3 heteroatoms. The summed E-state index contributed by atoms with van der Waals surface area (Å²) in [6.45, 7) is 0. The average molecular weight is 211 g/mol. The van der Waals surface area contributed by atoms with E-state index in [9.17, 15) is 0 Å². The van der Waals surface area contributed by atoms with Crippen molar-refractivity contribution in [3.8, 4) is 0 Å². The Morgan fingerprint density at radius 1 is 1.71 bits per heavy atom. The Labute approximate surface area is 59.9 Å². The van der Waals surface area contributed by atoms with Crippen LogP contribution in [0.2, 0.25) is 0 Å². The summed E-state index contributed by atoms with van der Waals surface area (Å²) in [6.07, 6.45) is 7.35. The molecule has 0 aromatic heterocycles. The molecule has 0 bridgehead atoms. The number of halogens is 1. The monoisotopic (exact) mass is 209 g/mol. The van der Waals surface area contributed by atoms with Gasteiger partial charge in [-0.05, 0) is 0 Å². The van der Waals surface area contributed by atoms with E-state index in [1.165, 1.54) is 16.3 Å². The van der Waals surface area contributed by atoms with Crippen molar-refractivity contribution in [2.24, 2.45) is 4.99 Å². The van der Waals surface area contributed by atoms with E-state index in [0.29, 0.717) is 0 Å². The van der Waals surface area contributed by atoms with Gasteiger partial charge in [-0.3, -0.25) is 0 Å². The third-order valence-electron chi connectivity index (χ3n) is 0.480. The van der Waals surface area contributed by atoms with Crippen molar-refractivity contribution in [3.63, 3.8) is 0 Å². The molecule has 34 valence electrons. The van der Waals surface area contributed by atoms with Crippen LogP contribution in [0.15, 0.2) is 11.1 Å². The van der Waals surface area contributed by atoms with E-state index >= 15 is 0 Å². The van der Waals surface area contributed by atoms with Crippen LogP contribution >= 0.6 is 13.6 Å². The molecule has 0 saturated carbocycles. The minimum absolute atomic E-state index is 0.972. The first-order valence-electron chi connectivity index (χ1n) is 1.85. The van der Waals surface area contributed by atoms with E-state index in [-0.39, 0.29) is 0 Å². The Morgan fingerprint density at radius 2 is 2.43 bits per heavy atom. The fourth-order valence-electron chi connectivity index (χ4n) is 0.264. The molecule has 1 aliphatic heterocycles. The van der Waals surface area contributed by atoms with Crippen LogP contribution in [0, 0.1) is 6.20 Å². The summed E-state index contributed by atoms with van der Waals surface area (Å²) in [5, 5.41) is 0. The Morgan fingerprint density at radius 3 is 2.57 bits per heavy atom. The van der Waals surface area contributed by atoms with Gasteiger partial charge >= 0.3 is 30.0 Å². The standard InChI is InChI=1S/C4H4N.BrH.Zn/c1-2-4-5-3-1;;/h1,4H,2H2;1H;/q-1;;+2/p-1. The Balaban J connectivity index is 0.000000162. The van der Waals surface area contributed by atoms with Crippen molar-refractivity contribution < 1.29 is 16.3 Å². The minimum atomic E-state index is 0.972. The molecule has 7 heavy (non-hydrogen) atoms. The molecular weight excluding hydrogens is 207 g/mol. The van der Waals surface area contributed by atoms with Crippen molar-refractivity contribution in [2.45, 2.75) is 6.42 Å². The molecule has 0 spiro atoms. The molecule has 0 aliphatic carbocycles. The van der Waals surface area contributed by atoms with Crippen LogP contribution in [0.3, 0.4) is 0 Å². The molecule has 1 heterocycles. The van der Waals surface area contributed by atoms with Crippen LogP contribution in [0.4, 0.5) is 0 Å². The summed E-state index contributed by atoms with van der Waals surface area (Å²) in [4.78, 5) is 3.65. The zero-order valence-electron chi connectivity index (χ0n) is 3.89. The van der Waals surface area contributed by atoms with Crippen LogP contribution in [-0.4, -0.2) is 6.21 Å². The van der Waals surface area contributed by atoms with E-state index in [2.05, 4.69) is 24.8 Å². The zero-order valence-corrected chi connectivity index (χ0v) is 8.45. The molecule has 0 fully saturated rings. The summed E-state index contributed by atoms with van der Waals surface area (Å²) in [5.74, 6) is 0. The molecule has 0 atom stereocenters. The average Bonchev–Trinajstić information content (AvgIpc) is 2.23. The van der Waals surface area contributed by atoms with Gasteiger partial charge in [0.15, 0.2) is 0 Å². The van der Waals surface area contributed by atoms with Crippen LogP contribution in [-0.2, 0) is 16.3 Å². The van der Waals surface area contributed by atoms with E-state index in [0.717, 1.165) is 6.42 Å². The second-order valence-electron chi connectivity index (χ2n) is 0.881. The second kappa shape index (κ2) is 6.51. The van der Waals surface area contributed by atoms with Gasteiger partial charge in [0, 0.05) is 0 Å². The van der Waals surface area contributed by atoms with Gasteiger partial charge < -0.3 is 4.99 Å². The van der Waals surface area contributed by atoms with E-state index in [1.54, 1.807) is 0 Å². The van der Waals surface area contributed by atoms with Crippen molar-refractivity contribution in [2.75, 3.05) is 0 Å². The van der Waals surface area contributed by atoms with Gasteiger partial charge in [-0.25, -0.2) is 0 Å². The predicted octanol–water partition coefficient (Wildman–Crippen LogP) is 1.62. The van der Waals surface area contributed by atoms with Crippen LogP contribution in [0.1, 0.15) is 6.42 Å². The maximum absolute atomic E-state index is 3.65. The molecule has 1 nitrogen and oxygen atoms in total. The number of rotatable bonds is 0. The second-order valence-corrected chi connectivity index (χ2v) is 0.881. The van der Waals surface area contributed by atoms with Gasteiger partial charge in [-0.1, -0.05) is 6.42 Å². The number of hydrogen-bond acceptors (Lipinski definition) is 1. The quantitative estimate of drug-likeness (QED) is 0.426. The first kappa shape index (κ1) is 7.51. The van der Waals surface area contributed by atoms with Gasteiger partial charge in [0.2, 0.25) is 0 Å². The predicted molar refractivity (Wildman–Crippen MR) is 29.8 cm³/mol. The molecule has 0 aromatic rings. The van der Waals surface area contributed by atoms with Crippen molar-refractivity contribution in [1.29, 1.82) is 0 Å². The summed E-state index contributed by atoms with van der Waals surface area (Å²) in [7, 11) is 0. The number of aliphatic imine (C=N–C) groups is 1. The summed E-state index contributed by atoms with van der Waals surface area (Å²) in [5.41, 5.74) is 0. The summed E-state index contributed by atoms with van der Waals surface area (Å²) >= 11 is 4.25. The molecule has 0 amide bonds. The molecule has 1 rings (SSSR count). The first-order chi connectivity index (χ1) is 3.50. The van der Waals surface area contributed by atoms with Gasteiger partial charge in [-0.15, -0.1) is 6.21 Å². The summed E-state index contributed by atoms with van der Waals surface area (Å²) in [6, 6.07) is 0. The number of nitrogens with zero attached hydrogens (tertiary/aromatic N) is 1. The first-order valence-corrected chi connectivity index (χ1v) is 8.80. The summed E-state index contributed by atoms with van der Waals surface area (Å²) < 4.78 is 0. The van der Waals surface area contributed by atoms with Gasteiger partial charge in [0.25, 0.3) is 0 Å². The zero-order chi connectivity index (χ0) is 5.54. The molecule has 0 aromatic carbocycles. The molecule has 0 radical (unpaired) electrons. The Kier molecular flexibility index (Phi) is 6.99. The SMILES string of the molecule is [C-]1=CCC=N1.[Zn+][Br]. The van der Waals surface area contributed by atoms with Crippen LogP contribution in [0.25, 0.3) is 0 Å². The van der Waals surface area contributed by atoms with Crippen LogP contribution in [0.5, 0.6) is 0 Å². The molecule has 1 aliphatic rings. The molecule has 0 unspecified atom stereocenters. The maximum atomic E-state index is 3.65. The number of hydrogen-bond donors (Lipinski definition) is 0. The Hall–Kier alpha value is 0.513. The van der Waals surface area contributed by atoms with Gasteiger partial charge in [0.1, 0.15) is 0 Å². The van der Waals surface area contributed by atoms with Gasteiger partial charge in [-0.2, -0.15) is 12.3 Å². The van der Waals surface area contributed by atoms with Gasteiger partial charge in [0.05, 0.1) is 0 Å². The van der Waals surface area contributed by atoms with E-state index in [4.69, 9.17) is 0 Å². The fraction of sp³-hybridized carbons (Fsp3) is 0.250. The third-order valence-corrected chi connectivity index (χ3v) is 0.480.